The van der Waals surface area contributed by atoms with Crippen LogP contribution in [0.2, 0.25) is 0 Å². The van der Waals surface area contributed by atoms with Crippen LogP contribution in [0.5, 0.6) is 0 Å². The maximum atomic E-state index is 13.3. The van der Waals surface area contributed by atoms with E-state index in [1.54, 1.807) is 38.5 Å². The van der Waals surface area contributed by atoms with Crippen molar-refractivity contribution in [1.29, 1.82) is 0 Å². The van der Waals surface area contributed by atoms with Gasteiger partial charge in [-0.25, -0.2) is 13.2 Å². The van der Waals surface area contributed by atoms with E-state index in [9.17, 15) is 13.2 Å². The summed E-state index contributed by atoms with van der Waals surface area (Å²) in [6.45, 7) is 9.18. The Labute approximate surface area is 155 Å². The van der Waals surface area contributed by atoms with Gasteiger partial charge in [-0.15, -0.1) is 0 Å². The Hall–Kier alpha value is -2.28. The molecule has 0 atom stereocenters. The highest BCUT2D eigenvalue weighted by atomic mass is 32.2. The van der Waals surface area contributed by atoms with E-state index in [4.69, 9.17) is 4.74 Å². The number of ether oxygens (including phenoxy) is 1. The summed E-state index contributed by atoms with van der Waals surface area (Å²) >= 11 is 0. The minimum absolute atomic E-state index is 0.00308. The van der Waals surface area contributed by atoms with Crippen molar-refractivity contribution in [2.75, 3.05) is 18.0 Å². The molecule has 0 bridgehead atoms. The molecule has 0 spiro atoms. The molecule has 7 heteroatoms. The first-order valence-corrected chi connectivity index (χ1v) is 9.87. The van der Waals surface area contributed by atoms with Gasteiger partial charge in [0.1, 0.15) is 10.5 Å². The number of benzene rings is 1. The Balaban J connectivity index is 2.67. The van der Waals surface area contributed by atoms with Crippen LogP contribution in [0.4, 0.5) is 5.69 Å². The smallest absolute Gasteiger partial charge is 0.341 e. The van der Waals surface area contributed by atoms with Crippen LogP contribution in [-0.4, -0.2) is 32.6 Å². The molecule has 2 rings (SSSR count). The van der Waals surface area contributed by atoms with Gasteiger partial charge in [0.15, 0.2) is 0 Å². The molecule has 0 radical (unpaired) electrons. The van der Waals surface area contributed by atoms with Crippen molar-refractivity contribution in [1.82, 2.24) is 4.57 Å². The number of rotatable bonds is 5. The molecule has 0 amide bonds. The van der Waals surface area contributed by atoms with Crippen molar-refractivity contribution in [2.45, 2.75) is 39.5 Å². The minimum atomic E-state index is -3.94. The van der Waals surface area contributed by atoms with Crippen molar-refractivity contribution in [3.8, 4) is 0 Å². The zero-order valence-electron chi connectivity index (χ0n) is 16.4. The number of esters is 1. The third-order valence-corrected chi connectivity index (χ3v) is 6.82. The molecule has 0 fully saturated rings. The average molecular weight is 378 g/mol. The molecule has 142 valence electrons. The van der Waals surface area contributed by atoms with E-state index < -0.39 is 16.0 Å². The Kier molecular flexibility index (Phi) is 5.51. The molecular weight excluding hydrogens is 352 g/mol. The fourth-order valence-electron chi connectivity index (χ4n) is 2.87. The van der Waals surface area contributed by atoms with Crippen LogP contribution in [-0.2, 0) is 21.8 Å². The Morgan fingerprint density at radius 1 is 1.12 bits per heavy atom. The summed E-state index contributed by atoms with van der Waals surface area (Å²) < 4.78 is 34.7. The molecule has 0 saturated carbocycles. The highest BCUT2D eigenvalue weighted by molar-refractivity contribution is 7.93. The van der Waals surface area contributed by atoms with E-state index in [0.29, 0.717) is 17.1 Å². The van der Waals surface area contributed by atoms with E-state index in [2.05, 4.69) is 0 Å². The van der Waals surface area contributed by atoms with E-state index in [0.717, 1.165) is 11.1 Å². The maximum absolute atomic E-state index is 13.3. The van der Waals surface area contributed by atoms with E-state index in [1.165, 1.54) is 11.4 Å². The first-order valence-electron chi connectivity index (χ1n) is 8.43. The predicted octanol–water partition coefficient (Wildman–Crippen LogP) is 3.26. The van der Waals surface area contributed by atoms with Crippen LogP contribution in [0.1, 0.15) is 39.8 Å². The lowest BCUT2D eigenvalue weighted by Crippen LogP contribution is -2.28. The molecule has 1 aromatic heterocycles. The molecule has 0 aliphatic carbocycles. The lowest BCUT2D eigenvalue weighted by Gasteiger charge is -2.21. The highest BCUT2D eigenvalue weighted by Crippen LogP contribution is 2.32. The van der Waals surface area contributed by atoms with Gasteiger partial charge in [-0.2, -0.15) is 0 Å². The normalized spacial score (nSPS) is 11.5. The Bertz CT molecular complexity index is 958. The number of anilines is 1. The number of nitrogens with zero attached hydrogens (tertiary/aromatic N) is 2. The van der Waals surface area contributed by atoms with Gasteiger partial charge < -0.3 is 9.30 Å². The standard InChI is InChI=1S/C19H26N2O4S/c1-8-25-19(22)17-14(4)20(6)15(5)18(17)26(23,24)21(7)16-10-9-12(2)13(3)11-16/h9-11H,8H2,1-7H3. The van der Waals surface area contributed by atoms with Gasteiger partial charge in [-0.1, -0.05) is 6.07 Å². The molecule has 1 aromatic carbocycles. The van der Waals surface area contributed by atoms with Crippen molar-refractivity contribution >= 4 is 21.7 Å². The van der Waals surface area contributed by atoms with Crippen molar-refractivity contribution in [3.63, 3.8) is 0 Å². The first kappa shape index (κ1) is 20.0. The second-order valence-electron chi connectivity index (χ2n) is 6.40. The monoisotopic (exact) mass is 378 g/mol. The number of sulfonamides is 1. The summed E-state index contributed by atoms with van der Waals surface area (Å²) in [7, 11) is -0.702. The van der Waals surface area contributed by atoms with Gasteiger partial charge in [0.2, 0.25) is 0 Å². The molecule has 1 heterocycles. The summed E-state index contributed by atoms with van der Waals surface area (Å²) in [4.78, 5) is 12.4. The summed E-state index contributed by atoms with van der Waals surface area (Å²) in [5.41, 5.74) is 3.79. The number of aryl methyl sites for hydroxylation is 2. The molecule has 6 nitrogen and oxygen atoms in total. The van der Waals surface area contributed by atoms with E-state index in [-0.39, 0.29) is 17.1 Å². The van der Waals surface area contributed by atoms with E-state index in [1.807, 2.05) is 26.0 Å². The van der Waals surface area contributed by atoms with Crippen LogP contribution in [0.25, 0.3) is 0 Å². The summed E-state index contributed by atoms with van der Waals surface area (Å²) in [5, 5.41) is 0. The zero-order chi connectivity index (χ0) is 19.8. The number of carbonyl (C=O) groups is 1. The van der Waals surface area contributed by atoms with Crippen LogP contribution in [0.3, 0.4) is 0 Å². The van der Waals surface area contributed by atoms with Gasteiger partial charge in [0.05, 0.1) is 12.3 Å². The second kappa shape index (κ2) is 7.15. The Morgan fingerprint density at radius 2 is 1.73 bits per heavy atom. The van der Waals surface area contributed by atoms with Crippen molar-refractivity contribution in [2.24, 2.45) is 7.05 Å². The third kappa shape index (κ3) is 3.23. The van der Waals surface area contributed by atoms with Gasteiger partial charge in [-0.05, 0) is 57.9 Å². The minimum Gasteiger partial charge on any atom is -0.462 e. The quantitative estimate of drug-likeness (QED) is 0.749. The molecular formula is C19H26N2O4S. The molecule has 0 aliphatic heterocycles. The number of hydrogen-bond acceptors (Lipinski definition) is 4. The van der Waals surface area contributed by atoms with Crippen LogP contribution < -0.4 is 4.31 Å². The summed E-state index contributed by atoms with van der Waals surface area (Å²) in [6.07, 6.45) is 0. The summed E-state index contributed by atoms with van der Waals surface area (Å²) in [5.74, 6) is -0.624. The average Bonchev–Trinajstić information content (AvgIpc) is 2.81. The molecule has 0 aliphatic rings. The number of hydrogen-bond donors (Lipinski definition) is 0. The van der Waals surface area contributed by atoms with Gasteiger partial charge in [-0.3, -0.25) is 4.31 Å². The zero-order valence-corrected chi connectivity index (χ0v) is 17.2. The van der Waals surface area contributed by atoms with Crippen molar-refractivity contribution in [3.05, 3.63) is 46.3 Å². The Morgan fingerprint density at radius 3 is 2.27 bits per heavy atom. The van der Waals surface area contributed by atoms with Gasteiger partial charge in [0, 0.05) is 25.5 Å². The van der Waals surface area contributed by atoms with Gasteiger partial charge >= 0.3 is 5.97 Å². The van der Waals surface area contributed by atoms with E-state index >= 15 is 0 Å². The third-order valence-electron chi connectivity index (χ3n) is 4.88. The maximum Gasteiger partial charge on any atom is 0.341 e. The SMILES string of the molecule is CCOC(=O)c1c(S(=O)(=O)N(C)c2ccc(C)c(C)c2)c(C)n(C)c1C. The lowest BCUT2D eigenvalue weighted by atomic mass is 10.1. The topological polar surface area (TPSA) is 68.6 Å². The van der Waals surface area contributed by atoms with Crippen LogP contribution >= 0.6 is 0 Å². The lowest BCUT2D eigenvalue weighted by molar-refractivity contribution is 0.0521. The summed E-state index contributed by atoms with van der Waals surface area (Å²) in [6, 6.07) is 5.46. The highest BCUT2D eigenvalue weighted by Gasteiger charge is 2.34. The van der Waals surface area contributed by atoms with Crippen LogP contribution in [0, 0.1) is 27.7 Å². The molecule has 0 N–H and O–H groups in total. The molecule has 0 saturated heterocycles. The second-order valence-corrected chi connectivity index (χ2v) is 8.30. The predicted molar refractivity (Wildman–Crippen MR) is 102 cm³/mol. The molecule has 2 aromatic rings. The molecule has 26 heavy (non-hydrogen) atoms. The van der Waals surface area contributed by atoms with Crippen molar-refractivity contribution < 1.29 is 17.9 Å². The number of carbonyl (C=O) groups excluding carboxylic acids is 1. The molecule has 0 unspecified atom stereocenters. The van der Waals surface area contributed by atoms with Gasteiger partial charge in [0.25, 0.3) is 10.0 Å². The fraction of sp³-hybridized carbons (Fsp3) is 0.421. The first-order chi connectivity index (χ1) is 12.0. The fourth-order valence-corrected chi connectivity index (χ4v) is 4.54. The largest absolute Gasteiger partial charge is 0.462 e. The number of aromatic nitrogens is 1. The van der Waals surface area contributed by atoms with Crippen LogP contribution in [0.15, 0.2) is 23.1 Å².